The number of aryl methyl sites for hydroxylation is 2. The van der Waals surface area contributed by atoms with E-state index in [9.17, 15) is 4.79 Å². The predicted octanol–water partition coefficient (Wildman–Crippen LogP) is 1.05. The molecule has 0 aromatic carbocycles. The van der Waals surface area contributed by atoms with Gasteiger partial charge in [-0.15, -0.1) is 0 Å². The summed E-state index contributed by atoms with van der Waals surface area (Å²) in [4.78, 5) is 11.7. The molecule has 4 heteroatoms. The van der Waals surface area contributed by atoms with E-state index in [0.717, 1.165) is 5.69 Å². The lowest BCUT2D eigenvalue weighted by Crippen LogP contribution is -2.44. The Morgan fingerprint density at radius 3 is 2.80 bits per heavy atom. The van der Waals surface area contributed by atoms with Crippen LogP contribution in [0, 0.1) is 0 Å². The molecule has 2 N–H and O–H groups in total. The van der Waals surface area contributed by atoms with Crippen LogP contribution >= 0.6 is 0 Å². The van der Waals surface area contributed by atoms with Crippen LogP contribution in [-0.2, 0) is 18.3 Å². The average Bonchev–Trinajstić information content (AvgIpc) is 2.60. The normalized spacial score (nSPS) is 14.9. The summed E-state index contributed by atoms with van der Waals surface area (Å²) in [6.07, 6.45) is 3.61. The summed E-state index contributed by atoms with van der Waals surface area (Å²) in [6, 6.07) is 1.92. The van der Waals surface area contributed by atoms with Crippen LogP contribution in [0.4, 0.5) is 0 Å². The van der Waals surface area contributed by atoms with Gasteiger partial charge in [-0.05, 0) is 25.8 Å². The monoisotopic (exact) mass is 209 g/mol. The Balaban J connectivity index is 2.52. The Morgan fingerprint density at radius 2 is 2.33 bits per heavy atom. The summed E-state index contributed by atoms with van der Waals surface area (Å²) in [6.45, 7) is 3.72. The topological polar surface area (TPSA) is 60.9 Å². The van der Waals surface area contributed by atoms with E-state index in [1.165, 1.54) is 0 Å². The van der Waals surface area contributed by atoms with Crippen molar-refractivity contribution in [1.82, 2.24) is 9.78 Å². The van der Waals surface area contributed by atoms with Gasteiger partial charge in [0.1, 0.15) is 0 Å². The summed E-state index contributed by atoms with van der Waals surface area (Å²) in [7, 11) is 1.88. The minimum absolute atomic E-state index is 0.117. The van der Waals surface area contributed by atoms with Crippen molar-refractivity contribution in [3.8, 4) is 0 Å². The first-order chi connectivity index (χ1) is 6.97. The maximum atomic E-state index is 11.7. The number of hydrogen-bond donors (Lipinski definition) is 1. The molecular weight excluding hydrogens is 190 g/mol. The number of ketones is 1. The van der Waals surface area contributed by atoms with E-state index in [4.69, 9.17) is 5.73 Å². The minimum atomic E-state index is -0.682. The molecule has 0 saturated carbocycles. The van der Waals surface area contributed by atoms with Crippen LogP contribution in [0.3, 0.4) is 0 Å². The van der Waals surface area contributed by atoms with Crippen LogP contribution in [0.1, 0.15) is 32.4 Å². The van der Waals surface area contributed by atoms with Gasteiger partial charge in [0.05, 0.1) is 5.54 Å². The highest BCUT2D eigenvalue weighted by Gasteiger charge is 2.25. The highest BCUT2D eigenvalue weighted by molar-refractivity contribution is 5.87. The third-order valence-electron chi connectivity index (χ3n) is 2.90. The average molecular weight is 209 g/mol. The zero-order valence-electron chi connectivity index (χ0n) is 9.66. The van der Waals surface area contributed by atoms with Gasteiger partial charge in [0.25, 0.3) is 0 Å². The molecule has 0 aliphatic rings. The first kappa shape index (κ1) is 11.9. The molecule has 0 aliphatic carbocycles. The molecule has 0 saturated heterocycles. The van der Waals surface area contributed by atoms with E-state index in [2.05, 4.69) is 5.10 Å². The van der Waals surface area contributed by atoms with Crippen molar-refractivity contribution in [3.05, 3.63) is 18.0 Å². The zero-order chi connectivity index (χ0) is 11.5. The van der Waals surface area contributed by atoms with Gasteiger partial charge in [-0.2, -0.15) is 5.10 Å². The van der Waals surface area contributed by atoms with Crippen molar-refractivity contribution < 1.29 is 4.79 Å². The molecule has 1 atom stereocenters. The van der Waals surface area contributed by atoms with Crippen molar-refractivity contribution in [2.24, 2.45) is 12.8 Å². The van der Waals surface area contributed by atoms with E-state index >= 15 is 0 Å². The summed E-state index contributed by atoms with van der Waals surface area (Å²) in [5.74, 6) is 0.117. The number of aromatic nitrogens is 2. The molecule has 1 unspecified atom stereocenters. The first-order valence-corrected chi connectivity index (χ1v) is 5.26. The molecule has 1 aromatic heterocycles. The standard InChI is InChI=1S/C11H19N3O/c1-4-11(2,12)10(15)6-5-9-7-8-13-14(9)3/h7-8H,4-6,12H2,1-3H3. The van der Waals surface area contributed by atoms with Gasteiger partial charge in [-0.25, -0.2) is 0 Å². The Morgan fingerprint density at radius 1 is 1.67 bits per heavy atom. The molecule has 15 heavy (non-hydrogen) atoms. The Labute approximate surface area is 90.5 Å². The smallest absolute Gasteiger partial charge is 0.152 e. The number of nitrogens with zero attached hydrogens (tertiary/aromatic N) is 2. The van der Waals surface area contributed by atoms with Gasteiger partial charge in [-0.1, -0.05) is 6.92 Å². The number of nitrogens with two attached hydrogens (primary N) is 1. The number of Topliss-reactive ketones (excluding diaryl/α,β-unsaturated/α-hetero) is 1. The molecule has 0 bridgehead atoms. The Bertz CT molecular complexity index is 341. The van der Waals surface area contributed by atoms with Crippen molar-refractivity contribution in [3.63, 3.8) is 0 Å². The van der Waals surface area contributed by atoms with Gasteiger partial charge in [0.15, 0.2) is 5.78 Å². The van der Waals surface area contributed by atoms with Crippen LogP contribution in [0.2, 0.25) is 0 Å². The fourth-order valence-electron chi connectivity index (χ4n) is 1.37. The molecule has 1 heterocycles. The quantitative estimate of drug-likeness (QED) is 0.788. The molecule has 4 nitrogen and oxygen atoms in total. The number of carbonyl (C=O) groups excluding carboxylic acids is 1. The Hall–Kier alpha value is -1.16. The summed E-state index contributed by atoms with van der Waals surface area (Å²) < 4.78 is 1.78. The first-order valence-electron chi connectivity index (χ1n) is 5.26. The Kier molecular flexibility index (Phi) is 3.63. The molecule has 0 radical (unpaired) electrons. The van der Waals surface area contributed by atoms with E-state index in [-0.39, 0.29) is 5.78 Å². The van der Waals surface area contributed by atoms with Gasteiger partial charge >= 0.3 is 0 Å². The lowest BCUT2D eigenvalue weighted by atomic mass is 9.91. The minimum Gasteiger partial charge on any atom is -0.319 e. The zero-order valence-corrected chi connectivity index (χ0v) is 9.66. The van der Waals surface area contributed by atoms with E-state index in [1.807, 2.05) is 20.0 Å². The maximum Gasteiger partial charge on any atom is 0.152 e. The van der Waals surface area contributed by atoms with Gasteiger partial charge in [-0.3, -0.25) is 9.48 Å². The molecule has 0 aliphatic heterocycles. The van der Waals surface area contributed by atoms with Gasteiger partial charge in [0, 0.05) is 25.4 Å². The molecule has 0 spiro atoms. The second-order valence-corrected chi connectivity index (χ2v) is 4.14. The van der Waals surface area contributed by atoms with Crippen LogP contribution < -0.4 is 5.73 Å². The number of carbonyl (C=O) groups is 1. The lowest BCUT2D eigenvalue weighted by molar-refractivity contribution is -0.123. The van der Waals surface area contributed by atoms with Crippen molar-refractivity contribution in [2.45, 2.75) is 38.6 Å². The van der Waals surface area contributed by atoms with Crippen LogP contribution in [0.5, 0.6) is 0 Å². The summed E-state index contributed by atoms with van der Waals surface area (Å²) in [5, 5.41) is 4.05. The van der Waals surface area contributed by atoms with Crippen molar-refractivity contribution in [2.75, 3.05) is 0 Å². The number of hydrogen-bond acceptors (Lipinski definition) is 3. The van der Waals surface area contributed by atoms with Crippen molar-refractivity contribution in [1.29, 1.82) is 0 Å². The molecular formula is C11H19N3O. The fraction of sp³-hybridized carbons (Fsp3) is 0.636. The molecule has 1 rings (SSSR count). The largest absolute Gasteiger partial charge is 0.319 e. The molecule has 1 aromatic rings. The molecule has 0 amide bonds. The van der Waals surface area contributed by atoms with E-state index < -0.39 is 5.54 Å². The lowest BCUT2D eigenvalue weighted by Gasteiger charge is -2.20. The van der Waals surface area contributed by atoms with Crippen LogP contribution in [-0.4, -0.2) is 21.1 Å². The maximum absolute atomic E-state index is 11.7. The van der Waals surface area contributed by atoms with Gasteiger partial charge < -0.3 is 5.73 Å². The molecule has 0 fully saturated rings. The summed E-state index contributed by atoms with van der Waals surface area (Å²) >= 11 is 0. The van der Waals surface area contributed by atoms with Crippen LogP contribution in [0.25, 0.3) is 0 Å². The second kappa shape index (κ2) is 4.57. The fourth-order valence-corrected chi connectivity index (χ4v) is 1.37. The van der Waals surface area contributed by atoms with E-state index in [1.54, 1.807) is 17.8 Å². The van der Waals surface area contributed by atoms with Crippen molar-refractivity contribution >= 4 is 5.78 Å². The summed E-state index contributed by atoms with van der Waals surface area (Å²) in [5.41, 5.74) is 6.25. The highest BCUT2D eigenvalue weighted by atomic mass is 16.1. The van der Waals surface area contributed by atoms with Gasteiger partial charge in [0.2, 0.25) is 0 Å². The molecule has 84 valence electrons. The third-order valence-corrected chi connectivity index (χ3v) is 2.90. The predicted molar refractivity (Wildman–Crippen MR) is 59.4 cm³/mol. The van der Waals surface area contributed by atoms with E-state index in [0.29, 0.717) is 19.3 Å². The SMILES string of the molecule is CCC(C)(N)C(=O)CCc1ccnn1C. The third kappa shape index (κ3) is 2.89. The second-order valence-electron chi connectivity index (χ2n) is 4.14. The highest BCUT2D eigenvalue weighted by Crippen LogP contribution is 2.11. The number of rotatable bonds is 5. The van der Waals surface area contributed by atoms with Crippen LogP contribution in [0.15, 0.2) is 12.3 Å².